The zero-order valence-electron chi connectivity index (χ0n) is 13.0. The van der Waals surface area contributed by atoms with Crippen molar-refractivity contribution in [3.05, 3.63) is 34.1 Å². The summed E-state index contributed by atoms with van der Waals surface area (Å²) in [6.07, 6.45) is 7.06. The van der Waals surface area contributed by atoms with Crippen LogP contribution in [-0.4, -0.2) is 12.9 Å². The van der Waals surface area contributed by atoms with E-state index in [4.69, 9.17) is 16.3 Å². The predicted molar refractivity (Wildman–Crippen MR) is 85.8 cm³/mol. The van der Waals surface area contributed by atoms with Crippen molar-refractivity contribution in [2.45, 2.75) is 45.4 Å². The van der Waals surface area contributed by atoms with E-state index >= 15 is 0 Å². The number of rotatable bonds is 4. The molecule has 0 saturated carbocycles. The average Bonchev–Trinajstić information content (AvgIpc) is 2.82. The van der Waals surface area contributed by atoms with E-state index in [0.29, 0.717) is 11.4 Å². The molecular formula is C18H20ClFO2. The summed E-state index contributed by atoms with van der Waals surface area (Å²) >= 11 is 6.33. The van der Waals surface area contributed by atoms with Crippen molar-refractivity contribution >= 4 is 23.0 Å². The van der Waals surface area contributed by atoms with Crippen LogP contribution >= 0.6 is 11.6 Å². The van der Waals surface area contributed by atoms with Gasteiger partial charge in [0.2, 0.25) is 0 Å². The van der Waals surface area contributed by atoms with E-state index in [-0.39, 0.29) is 16.9 Å². The second-order valence-corrected chi connectivity index (χ2v) is 6.69. The van der Waals surface area contributed by atoms with E-state index in [9.17, 15) is 9.18 Å². The number of methoxy groups -OCH3 is 1. The van der Waals surface area contributed by atoms with Crippen LogP contribution in [0.1, 0.15) is 50.2 Å². The second kappa shape index (κ2) is 5.69. The number of fused-ring (bicyclic) bond motifs is 3. The van der Waals surface area contributed by atoms with Crippen LogP contribution in [0.2, 0.25) is 5.02 Å². The van der Waals surface area contributed by atoms with Crippen LogP contribution in [0.15, 0.2) is 12.1 Å². The fraction of sp³-hybridized carbons (Fsp3) is 0.500. The molecule has 0 saturated heterocycles. The maximum atomic E-state index is 14.2. The van der Waals surface area contributed by atoms with Crippen molar-refractivity contribution in [1.82, 2.24) is 0 Å². The summed E-state index contributed by atoms with van der Waals surface area (Å²) < 4.78 is 19.3. The molecule has 2 aliphatic rings. The molecule has 0 radical (unpaired) electrons. The minimum absolute atomic E-state index is 0.103. The number of unbranched alkanes of at least 4 members (excludes halogenated alkanes) is 1. The second-order valence-electron chi connectivity index (χ2n) is 6.32. The SMILES string of the molecule is CCCCC12CCc3c(cc(F)c(OC)c3Cl)C1=CC(=O)C2. The summed E-state index contributed by atoms with van der Waals surface area (Å²) in [7, 11) is 1.42. The van der Waals surface area contributed by atoms with Gasteiger partial charge in [-0.15, -0.1) is 0 Å². The van der Waals surface area contributed by atoms with Crippen LogP contribution < -0.4 is 4.74 Å². The van der Waals surface area contributed by atoms with Gasteiger partial charge in [-0.25, -0.2) is 4.39 Å². The number of hydrogen-bond acceptors (Lipinski definition) is 2. The monoisotopic (exact) mass is 322 g/mol. The molecule has 0 fully saturated rings. The minimum Gasteiger partial charge on any atom is -0.492 e. The maximum absolute atomic E-state index is 14.2. The first-order chi connectivity index (χ1) is 10.5. The van der Waals surface area contributed by atoms with Crippen molar-refractivity contribution in [2.75, 3.05) is 7.11 Å². The summed E-state index contributed by atoms with van der Waals surface area (Å²) in [5.74, 6) is -0.213. The third kappa shape index (κ3) is 2.26. The molecular weight excluding hydrogens is 303 g/mol. The molecule has 4 heteroatoms. The molecule has 0 bridgehead atoms. The summed E-state index contributed by atoms with van der Waals surface area (Å²) in [5, 5.41) is 0.349. The molecule has 1 aromatic rings. The normalized spacial score (nSPS) is 23.1. The Morgan fingerprint density at radius 1 is 1.45 bits per heavy atom. The maximum Gasteiger partial charge on any atom is 0.173 e. The van der Waals surface area contributed by atoms with Crippen molar-refractivity contribution in [2.24, 2.45) is 5.41 Å². The summed E-state index contributed by atoms with van der Waals surface area (Å²) in [5.41, 5.74) is 2.57. The fourth-order valence-corrected chi connectivity index (χ4v) is 4.28. The summed E-state index contributed by atoms with van der Waals surface area (Å²) in [6, 6.07) is 1.49. The Hall–Kier alpha value is -1.35. The first-order valence-corrected chi connectivity index (χ1v) is 8.20. The van der Waals surface area contributed by atoms with Gasteiger partial charge in [0.05, 0.1) is 12.1 Å². The minimum atomic E-state index is -0.460. The number of hydrogen-bond donors (Lipinski definition) is 0. The van der Waals surface area contributed by atoms with Gasteiger partial charge >= 0.3 is 0 Å². The van der Waals surface area contributed by atoms with E-state index in [2.05, 4.69) is 6.92 Å². The zero-order chi connectivity index (χ0) is 15.9. The number of benzene rings is 1. The topological polar surface area (TPSA) is 26.3 Å². The lowest BCUT2D eigenvalue weighted by molar-refractivity contribution is -0.115. The number of ketones is 1. The smallest absolute Gasteiger partial charge is 0.173 e. The highest BCUT2D eigenvalue weighted by Crippen LogP contribution is 2.56. The Bertz CT molecular complexity index is 666. The summed E-state index contributed by atoms with van der Waals surface area (Å²) in [4.78, 5) is 12.1. The van der Waals surface area contributed by atoms with Crippen molar-refractivity contribution < 1.29 is 13.9 Å². The Morgan fingerprint density at radius 3 is 2.91 bits per heavy atom. The predicted octanol–water partition coefficient (Wildman–Crippen LogP) is 4.97. The fourth-order valence-electron chi connectivity index (χ4n) is 3.92. The Balaban J connectivity index is 2.13. The lowest BCUT2D eigenvalue weighted by Gasteiger charge is -2.38. The van der Waals surface area contributed by atoms with Gasteiger partial charge in [-0.1, -0.05) is 31.4 Å². The van der Waals surface area contributed by atoms with Gasteiger partial charge in [0.15, 0.2) is 17.3 Å². The van der Waals surface area contributed by atoms with Crippen LogP contribution in [0.25, 0.3) is 5.57 Å². The van der Waals surface area contributed by atoms with Crippen LogP contribution in [0.3, 0.4) is 0 Å². The number of ether oxygens (including phenoxy) is 1. The van der Waals surface area contributed by atoms with Crippen LogP contribution in [0.5, 0.6) is 5.75 Å². The number of carbonyl (C=O) groups excluding carboxylic acids is 1. The standard InChI is InChI=1S/C18H20ClFO2/c1-3-4-6-18-7-5-12-13(14(18)8-11(21)10-18)9-15(20)17(22-2)16(12)19/h8-9H,3-7,10H2,1-2H3. The van der Waals surface area contributed by atoms with Crippen molar-refractivity contribution in [3.8, 4) is 5.75 Å². The van der Waals surface area contributed by atoms with Gasteiger partial charge in [-0.05, 0) is 48.1 Å². The molecule has 1 aromatic carbocycles. The summed E-state index contributed by atoms with van der Waals surface area (Å²) in [6.45, 7) is 2.15. The Labute approximate surface area is 135 Å². The molecule has 22 heavy (non-hydrogen) atoms. The van der Waals surface area contributed by atoms with Crippen LogP contribution in [-0.2, 0) is 11.2 Å². The molecule has 0 spiro atoms. The van der Waals surface area contributed by atoms with Gasteiger partial charge in [0.25, 0.3) is 0 Å². The lowest BCUT2D eigenvalue weighted by Crippen LogP contribution is -2.26. The molecule has 2 aliphatic carbocycles. The van der Waals surface area contributed by atoms with Gasteiger partial charge in [0.1, 0.15) is 0 Å². The van der Waals surface area contributed by atoms with Crippen LogP contribution in [0.4, 0.5) is 4.39 Å². The Morgan fingerprint density at radius 2 is 2.23 bits per heavy atom. The molecule has 0 amide bonds. The Kier molecular flexibility index (Phi) is 4.02. The van der Waals surface area contributed by atoms with E-state index in [1.807, 2.05) is 0 Å². The lowest BCUT2D eigenvalue weighted by atomic mass is 9.66. The molecule has 2 nitrogen and oxygen atoms in total. The molecule has 3 rings (SSSR count). The number of carbonyl (C=O) groups is 1. The van der Waals surface area contributed by atoms with Crippen molar-refractivity contribution in [1.29, 1.82) is 0 Å². The highest BCUT2D eigenvalue weighted by atomic mass is 35.5. The zero-order valence-corrected chi connectivity index (χ0v) is 13.7. The van der Waals surface area contributed by atoms with Gasteiger partial charge < -0.3 is 4.74 Å². The van der Waals surface area contributed by atoms with Gasteiger partial charge in [0, 0.05) is 11.8 Å². The highest BCUT2D eigenvalue weighted by Gasteiger charge is 2.44. The molecule has 0 aromatic heterocycles. The van der Waals surface area contributed by atoms with Gasteiger partial charge in [-0.3, -0.25) is 4.79 Å². The number of allylic oxidation sites excluding steroid dienone is 2. The first kappa shape index (κ1) is 15.5. The third-order valence-electron chi connectivity index (χ3n) is 5.02. The van der Waals surface area contributed by atoms with Gasteiger partial charge in [-0.2, -0.15) is 0 Å². The largest absolute Gasteiger partial charge is 0.492 e. The van der Waals surface area contributed by atoms with Crippen LogP contribution in [0, 0.1) is 11.2 Å². The molecule has 118 valence electrons. The third-order valence-corrected chi connectivity index (χ3v) is 5.42. The molecule has 0 heterocycles. The van der Waals surface area contributed by atoms with E-state index in [1.54, 1.807) is 6.08 Å². The molecule has 0 aliphatic heterocycles. The molecule has 1 unspecified atom stereocenters. The first-order valence-electron chi connectivity index (χ1n) is 7.82. The molecule has 0 N–H and O–H groups in total. The average molecular weight is 323 g/mol. The van der Waals surface area contributed by atoms with E-state index < -0.39 is 5.82 Å². The quantitative estimate of drug-likeness (QED) is 0.782. The van der Waals surface area contributed by atoms with E-state index in [1.165, 1.54) is 13.2 Å². The molecule has 1 atom stereocenters. The van der Waals surface area contributed by atoms with Crippen molar-refractivity contribution in [3.63, 3.8) is 0 Å². The van der Waals surface area contributed by atoms with E-state index in [0.717, 1.165) is 48.8 Å². The highest BCUT2D eigenvalue weighted by molar-refractivity contribution is 6.33. The number of halogens is 2.